The zero-order valence-corrected chi connectivity index (χ0v) is 11.7. The third-order valence-electron chi connectivity index (χ3n) is 3.65. The van der Waals surface area contributed by atoms with Crippen molar-refractivity contribution in [2.45, 2.75) is 38.8 Å². The van der Waals surface area contributed by atoms with Crippen molar-refractivity contribution in [1.82, 2.24) is 14.9 Å². The standard InChI is InChI=1S/C13H23N5/c1-9-7-11(5-6-18(9)4)17-13-8-12(14-3)15-10(2)16-13/h8-9,11H,5-7H2,1-4H3,(H2,14,15,16,17). The molecular weight excluding hydrogens is 226 g/mol. The molecule has 1 aromatic rings. The Balaban J connectivity index is 2.03. The van der Waals surface area contributed by atoms with Crippen LogP contribution in [0, 0.1) is 6.92 Å². The summed E-state index contributed by atoms with van der Waals surface area (Å²) in [5.74, 6) is 2.59. The van der Waals surface area contributed by atoms with Gasteiger partial charge < -0.3 is 15.5 Å². The molecule has 1 aromatic heterocycles. The number of nitrogens with one attached hydrogen (secondary N) is 2. The molecule has 2 heterocycles. The number of aryl methyl sites for hydroxylation is 1. The zero-order chi connectivity index (χ0) is 13.1. The van der Waals surface area contributed by atoms with E-state index in [0.29, 0.717) is 12.1 Å². The van der Waals surface area contributed by atoms with Crippen LogP contribution in [0.2, 0.25) is 0 Å². The van der Waals surface area contributed by atoms with E-state index in [4.69, 9.17) is 0 Å². The van der Waals surface area contributed by atoms with Crippen LogP contribution in [-0.2, 0) is 0 Å². The molecule has 0 spiro atoms. The summed E-state index contributed by atoms with van der Waals surface area (Å²) in [5.41, 5.74) is 0. The number of nitrogens with zero attached hydrogens (tertiary/aromatic N) is 3. The highest BCUT2D eigenvalue weighted by Gasteiger charge is 2.22. The third kappa shape index (κ3) is 3.10. The van der Waals surface area contributed by atoms with Gasteiger partial charge in [-0.3, -0.25) is 0 Å². The van der Waals surface area contributed by atoms with E-state index in [-0.39, 0.29) is 0 Å². The van der Waals surface area contributed by atoms with E-state index in [9.17, 15) is 0 Å². The summed E-state index contributed by atoms with van der Waals surface area (Å²) in [7, 11) is 4.07. The molecule has 2 N–H and O–H groups in total. The van der Waals surface area contributed by atoms with Gasteiger partial charge in [0.2, 0.25) is 0 Å². The normalized spacial score (nSPS) is 24.9. The van der Waals surface area contributed by atoms with Crippen LogP contribution in [-0.4, -0.2) is 47.6 Å². The van der Waals surface area contributed by atoms with Crippen molar-refractivity contribution in [2.75, 3.05) is 31.3 Å². The summed E-state index contributed by atoms with van der Waals surface area (Å²) in [4.78, 5) is 11.2. The van der Waals surface area contributed by atoms with Crippen molar-refractivity contribution in [2.24, 2.45) is 0 Å². The van der Waals surface area contributed by atoms with Crippen LogP contribution in [0.5, 0.6) is 0 Å². The van der Waals surface area contributed by atoms with Gasteiger partial charge in [-0.1, -0.05) is 0 Å². The Hall–Kier alpha value is -1.36. The number of hydrogen-bond acceptors (Lipinski definition) is 5. The van der Waals surface area contributed by atoms with E-state index in [1.165, 1.54) is 6.42 Å². The number of aromatic nitrogens is 2. The second-order valence-electron chi connectivity index (χ2n) is 5.13. The Morgan fingerprint density at radius 1 is 1.33 bits per heavy atom. The smallest absolute Gasteiger partial charge is 0.132 e. The molecule has 0 bridgehead atoms. The molecule has 0 saturated carbocycles. The fraction of sp³-hybridized carbons (Fsp3) is 0.692. The minimum absolute atomic E-state index is 0.509. The summed E-state index contributed by atoms with van der Waals surface area (Å²) in [6.07, 6.45) is 2.33. The monoisotopic (exact) mass is 249 g/mol. The van der Waals surface area contributed by atoms with Gasteiger partial charge in [-0.05, 0) is 33.7 Å². The molecule has 0 amide bonds. The van der Waals surface area contributed by atoms with Gasteiger partial charge in [0.15, 0.2) is 0 Å². The van der Waals surface area contributed by atoms with Crippen molar-refractivity contribution in [3.63, 3.8) is 0 Å². The van der Waals surface area contributed by atoms with Gasteiger partial charge in [0.25, 0.3) is 0 Å². The van der Waals surface area contributed by atoms with Crippen LogP contribution in [0.1, 0.15) is 25.6 Å². The molecule has 2 rings (SSSR count). The summed E-state index contributed by atoms with van der Waals surface area (Å²) in [6.45, 7) is 5.34. The second kappa shape index (κ2) is 5.52. The molecule has 1 aliphatic rings. The van der Waals surface area contributed by atoms with E-state index >= 15 is 0 Å². The SMILES string of the molecule is CNc1cc(NC2CCN(C)C(C)C2)nc(C)n1. The van der Waals surface area contributed by atoms with Crippen LogP contribution in [0.4, 0.5) is 11.6 Å². The van der Waals surface area contributed by atoms with Gasteiger partial charge in [0, 0.05) is 31.7 Å². The maximum atomic E-state index is 4.44. The highest BCUT2D eigenvalue weighted by Crippen LogP contribution is 2.20. The van der Waals surface area contributed by atoms with Gasteiger partial charge >= 0.3 is 0 Å². The predicted molar refractivity (Wildman–Crippen MR) is 75.1 cm³/mol. The van der Waals surface area contributed by atoms with Crippen molar-refractivity contribution in [1.29, 1.82) is 0 Å². The lowest BCUT2D eigenvalue weighted by Gasteiger charge is -2.35. The molecule has 0 aliphatic carbocycles. The quantitative estimate of drug-likeness (QED) is 0.854. The first-order chi connectivity index (χ1) is 8.58. The Kier molecular flexibility index (Phi) is 4.01. The zero-order valence-electron chi connectivity index (χ0n) is 11.7. The van der Waals surface area contributed by atoms with Gasteiger partial charge in [-0.2, -0.15) is 0 Å². The van der Waals surface area contributed by atoms with E-state index in [2.05, 4.69) is 39.5 Å². The van der Waals surface area contributed by atoms with Crippen LogP contribution < -0.4 is 10.6 Å². The third-order valence-corrected chi connectivity index (χ3v) is 3.65. The lowest BCUT2D eigenvalue weighted by molar-refractivity contribution is 0.190. The molecule has 2 atom stereocenters. The van der Waals surface area contributed by atoms with Gasteiger partial charge in [0.1, 0.15) is 17.5 Å². The van der Waals surface area contributed by atoms with E-state index in [1.807, 2.05) is 20.0 Å². The number of likely N-dealkylation sites (tertiary alicyclic amines) is 1. The average Bonchev–Trinajstić information content (AvgIpc) is 2.33. The molecular formula is C13H23N5. The average molecular weight is 249 g/mol. The first-order valence-electron chi connectivity index (χ1n) is 6.58. The Morgan fingerprint density at radius 2 is 2.06 bits per heavy atom. The van der Waals surface area contributed by atoms with Gasteiger partial charge in [-0.25, -0.2) is 9.97 Å². The number of rotatable bonds is 3. The second-order valence-corrected chi connectivity index (χ2v) is 5.13. The minimum atomic E-state index is 0.509. The molecule has 0 aromatic carbocycles. The molecule has 5 nitrogen and oxygen atoms in total. The highest BCUT2D eigenvalue weighted by molar-refractivity contribution is 5.47. The maximum Gasteiger partial charge on any atom is 0.132 e. The Morgan fingerprint density at radius 3 is 2.72 bits per heavy atom. The minimum Gasteiger partial charge on any atom is -0.373 e. The topological polar surface area (TPSA) is 53.1 Å². The molecule has 1 saturated heterocycles. The molecule has 1 fully saturated rings. The first kappa shape index (κ1) is 13.1. The van der Waals surface area contributed by atoms with Crippen molar-refractivity contribution in [3.05, 3.63) is 11.9 Å². The molecule has 5 heteroatoms. The molecule has 18 heavy (non-hydrogen) atoms. The van der Waals surface area contributed by atoms with Crippen molar-refractivity contribution >= 4 is 11.6 Å². The van der Waals surface area contributed by atoms with Crippen LogP contribution >= 0.6 is 0 Å². The summed E-state index contributed by atoms with van der Waals surface area (Å²) in [5, 5.41) is 6.59. The summed E-state index contributed by atoms with van der Waals surface area (Å²) in [6, 6.07) is 3.11. The lowest BCUT2D eigenvalue weighted by atomic mass is 9.99. The largest absolute Gasteiger partial charge is 0.373 e. The molecule has 2 unspecified atom stereocenters. The summed E-state index contributed by atoms with van der Waals surface area (Å²) < 4.78 is 0. The van der Waals surface area contributed by atoms with Crippen LogP contribution in [0.3, 0.4) is 0 Å². The first-order valence-corrected chi connectivity index (χ1v) is 6.58. The predicted octanol–water partition coefficient (Wildman–Crippen LogP) is 1.72. The number of piperidine rings is 1. The summed E-state index contributed by atoms with van der Waals surface area (Å²) >= 11 is 0. The maximum absolute atomic E-state index is 4.44. The van der Waals surface area contributed by atoms with Crippen LogP contribution in [0.25, 0.3) is 0 Å². The molecule has 0 radical (unpaired) electrons. The van der Waals surface area contributed by atoms with Gasteiger partial charge in [0.05, 0.1) is 0 Å². The molecule has 1 aliphatic heterocycles. The van der Waals surface area contributed by atoms with E-state index in [1.54, 1.807) is 0 Å². The fourth-order valence-electron chi connectivity index (χ4n) is 2.40. The molecule has 100 valence electrons. The lowest BCUT2D eigenvalue weighted by Crippen LogP contribution is -2.42. The van der Waals surface area contributed by atoms with Crippen LogP contribution in [0.15, 0.2) is 6.07 Å². The van der Waals surface area contributed by atoms with E-state index < -0.39 is 0 Å². The highest BCUT2D eigenvalue weighted by atomic mass is 15.2. The Labute approximate surface area is 109 Å². The Bertz CT molecular complexity index is 406. The number of hydrogen-bond donors (Lipinski definition) is 2. The van der Waals surface area contributed by atoms with Crippen molar-refractivity contribution < 1.29 is 0 Å². The number of anilines is 2. The fourth-order valence-corrected chi connectivity index (χ4v) is 2.40. The van der Waals surface area contributed by atoms with Crippen molar-refractivity contribution in [3.8, 4) is 0 Å². The van der Waals surface area contributed by atoms with Gasteiger partial charge in [-0.15, -0.1) is 0 Å². The van der Waals surface area contributed by atoms with E-state index in [0.717, 1.165) is 30.4 Å².